The first-order valence-corrected chi connectivity index (χ1v) is 9.41. The average molecular weight is 344 g/mol. The molecule has 1 N–H and O–H groups in total. The second-order valence-corrected chi connectivity index (χ2v) is 7.10. The standard InChI is InChI=1S/C20H28N2O3/c1-15(23)16-6-4-7-17(14-16)25-13-5-9-20(24)21-18-10-12-22-11-3-2-8-19(18)22/h4,6-7,14,18-19H,2-3,5,8-13H2,1H3,(H,21,24)/t18-,19+/m1/s1. The number of nitrogens with zero attached hydrogens (tertiary/aromatic N) is 1. The largest absolute Gasteiger partial charge is 0.494 e. The minimum Gasteiger partial charge on any atom is -0.494 e. The van der Waals surface area contributed by atoms with Gasteiger partial charge in [0, 0.05) is 30.6 Å². The first-order chi connectivity index (χ1) is 12.1. The van der Waals surface area contributed by atoms with Crippen molar-refractivity contribution in [3.8, 4) is 5.75 Å². The lowest BCUT2D eigenvalue weighted by Gasteiger charge is -2.32. The van der Waals surface area contributed by atoms with Gasteiger partial charge in [0.25, 0.3) is 0 Å². The normalized spacial score (nSPS) is 23.1. The van der Waals surface area contributed by atoms with Crippen molar-refractivity contribution >= 4 is 11.7 Å². The number of rotatable bonds is 7. The molecule has 2 saturated heterocycles. The molecule has 0 spiro atoms. The lowest BCUT2D eigenvalue weighted by Crippen LogP contribution is -2.46. The van der Waals surface area contributed by atoms with Crippen LogP contribution in [-0.2, 0) is 4.79 Å². The van der Waals surface area contributed by atoms with Crippen molar-refractivity contribution in [1.29, 1.82) is 0 Å². The third kappa shape index (κ3) is 4.82. The van der Waals surface area contributed by atoms with E-state index in [4.69, 9.17) is 4.74 Å². The molecule has 3 rings (SSSR count). The predicted molar refractivity (Wildman–Crippen MR) is 96.9 cm³/mol. The van der Waals surface area contributed by atoms with E-state index in [1.807, 2.05) is 12.1 Å². The Hall–Kier alpha value is -1.88. The minimum atomic E-state index is 0.0261. The third-order valence-corrected chi connectivity index (χ3v) is 5.26. The van der Waals surface area contributed by atoms with E-state index in [1.54, 1.807) is 19.1 Å². The van der Waals surface area contributed by atoms with E-state index in [0.717, 1.165) is 13.0 Å². The fourth-order valence-electron chi connectivity index (χ4n) is 3.92. The Morgan fingerprint density at radius 2 is 2.12 bits per heavy atom. The molecule has 136 valence electrons. The molecule has 0 saturated carbocycles. The van der Waals surface area contributed by atoms with Gasteiger partial charge in [0.2, 0.25) is 5.91 Å². The van der Waals surface area contributed by atoms with Crippen molar-refractivity contribution in [2.75, 3.05) is 19.7 Å². The number of Topliss-reactive ketones (excluding diaryl/α,β-unsaturated/α-hetero) is 1. The molecule has 5 heteroatoms. The van der Waals surface area contributed by atoms with E-state index in [9.17, 15) is 9.59 Å². The maximum atomic E-state index is 12.2. The lowest BCUT2D eigenvalue weighted by molar-refractivity contribution is -0.122. The molecule has 0 bridgehead atoms. The monoisotopic (exact) mass is 344 g/mol. The molecule has 2 atom stereocenters. The Morgan fingerprint density at radius 1 is 1.24 bits per heavy atom. The number of nitrogens with one attached hydrogen (secondary N) is 1. The summed E-state index contributed by atoms with van der Waals surface area (Å²) < 4.78 is 5.66. The highest BCUT2D eigenvalue weighted by Crippen LogP contribution is 2.27. The quantitative estimate of drug-likeness (QED) is 0.610. The van der Waals surface area contributed by atoms with Crippen LogP contribution in [0.1, 0.15) is 55.8 Å². The van der Waals surface area contributed by atoms with E-state index < -0.39 is 0 Å². The molecule has 0 radical (unpaired) electrons. The number of benzene rings is 1. The zero-order valence-corrected chi connectivity index (χ0v) is 15.0. The molecular formula is C20H28N2O3. The van der Waals surface area contributed by atoms with Gasteiger partial charge in [0.1, 0.15) is 5.75 Å². The molecule has 1 amide bonds. The average Bonchev–Trinajstić information content (AvgIpc) is 3.02. The summed E-state index contributed by atoms with van der Waals surface area (Å²) in [6.07, 6.45) is 6.01. The van der Waals surface area contributed by atoms with E-state index in [1.165, 1.54) is 25.8 Å². The van der Waals surface area contributed by atoms with Crippen LogP contribution in [-0.4, -0.2) is 48.4 Å². The Morgan fingerprint density at radius 3 is 2.96 bits per heavy atom. The highest BCUT2D eigenvalue weighted by molar-refractivity contribution is 5.94. The molecule has 1 aromatic rings. The number of piperidine rings is 1. The second-order valence-electron chi connectivity index (χ2n) is 7.10. The van der Waals surface area contributed by atoms with Gasteiger partial charge in [-0.25, -0.2) is 0 Å². The van der Waals surface area contributed by atoms with Crippen molar-refractivity contribution in [3.63, 3.8) is 0 Å². The van der Waals surface area contributed by atoms with Crippen molar-refractivity contribution < 1.29 is 14.3 Å². The topological polar surface area (TPSA) is 58.6 Å². The van der Waals surface area contributed by atoms with Crippen LogP contribution in [0.5, 0.6) is 5.75 Å². The van der Waals surface area contributed by atoms with Crippen molar-refractivity contribution in [1.82, 2.24) is 10.2 Å². The molecule has 2 aliphatic rings. The number of amides is 1. The van der Waals surface area contributed by atoms with Crippen molar-refractivity contribution in [2.45, 2.75) is 57.5 Å². The van der Waals surface area contributed by atoms with Gasteiger partial charge < -0.3 is 10.1 Å². The summed E-state index contributed by atoms with van der Waals surface area (Å²) in [6.45, 7) is 4.32. The Bertz CT molecular complexity index is 617. The van der Waals surface area contributed by atoms with E-state index >= 15 is 0 Å². The highest BCUT2D eigenvalue weighted by Gasteiger charge is 2.35. The fourth-order valence-corrected chi connectivity index (χ4v) is 3.92. The molecule has 1 aromatic carbocycles. The summed E-state index contributed by atoms with van der Waals surface area (Å²) in [4.78, 5) is 26.1. The van der Waals surface area contributed by atoms with E-state index in [2.05, 4.69) is 10.2 Å². The summed E-state index contributed by atoms with van der Waals surface area (Å²) in [7, 11) is 0. The van der Waals surface area contributed by atoms with Gasteiger partial charge >= 0.3 is 0 Å². The maximum Gasteiger partial charge on any atom is 0.220 e. The summed E-state index contributed by atoms with van der Waals surface area (Å²) in [6, 6.07) is 8.04. The fraction of sp³-hybridized carbons (Fsp3) is 0.600. The smallest absolute Gasteiger partial charge is 0.220 e. The lowest BCUT2D eigenvalue weighted by atomic mass is 9.99. The predicted octanol–water partition coefficient (Wildman–Crippen LogP) is 2.79. The molecular weight excluding hydrogens is 316 g/mol. The minimum absolute atomic E-state index is 0.0261. The first-order valence-electron chi connectivity index (χ1n) is 9.41. The Kier molecular flexibility index (Phi) is 6.08. The molecule has 0 aromatic heterocycles. The number of hydrogen-bond donors (Lipinski definition) is 1. The summed E-state index contributed by atoms with van der Waals surface area (Å²) in [5.41, 5.74) is 0.647. The number of carbonyl (C=O) groups excluding carboxylic acids is 2. The second kappa shape index (κ2) is 8.48. The maximum absolute atomic E-state index is 12.2. The number of ketones is 1. The molecule has 5 nitrogen and oxygen atoms in total. The number of ether oxygens (including phenoxy) is 1. The van der Waals surface area contributed by atoms with Crippen LogP contribution < -0.4 is 10.1 Å². The zero-order valence-electron chi connectivity index (χ0n) is 15.0. The van der Waals surface area contributed by atoms with Gasteiger partial charge in [-0.15, -0.1) is 0 Å². The molecule has 2 aliphatic heterocycles. The highest BCUT2D eigenvalue weighted by atomic mass is 16.5. The zero-order chi connectivity index (χ0) is 17.6. The molecule has 0 unspecified atom stereocenters. The van der Waals surface area contributed by atoms with Crippen LogP contribution in [0.4, 0.5) is 0 Å². The number of carbonyl (C=O) groups is 2. The van der Waals surface area contributed by atoms with Crippen LogP contribution in [0.3, 0.4) is 0 Å². The Labute approximate surface area is 149 Å². The van der Waals surface area contributed by atoms with Crippen LogP contribution in [0.25, 0.3) is 0 Å². The Balaban J connectivity index is 1.37. The van der Waals surface area contributed by atoms with Gasteiger partial charge in [-0.3, -0.25) is 14.5 Å². The van der Waals surface area contributed by atoms with Gasteiger partial charge in [0.15, 0.2) is 5.78 Å². The number of fused-ring (bicyclic) bond motifs is 1. The van der Waals surface area contributed by atoms with Crippen LogP contribution >= 0.6 is 0 Å². The molecule has 25 heavy (non-hydrogen) atoms. The van der Waals surface area contributed by atoms with Gasteiger partial charge in [0.05, 0.1) is 6.61 Å². The van der Waals surface area contributed by atoms with Gasteiger partial charge in [-0.2, -0.15) is 0 Å². The van der Waals surface area contributed by atoms with Crippen molar-refractivity contribution in [3.05, 3.63) is 29.8 Å². The molecule has 0 aliphatic carbocycles. The summed E-state index contributed by atoms with van der Waals surface area (Å²) in [5, 5.41) is 3.22. The molecule has 2 heterocycles. The van der Waals surface area contributed by atoms with Crippen LogP contribution in [0.15, 0.2) is 24.3 Å². The van der Waals surface area contributed by atoms with Gasteiger partial charge in [-0.05, 0) is 51.3 Å². The van der Waals surface area contributed by atoms with Crippen molar-refractivity contribution in [2.24, 2.45) is 0 Å². The summed E-state index contributed by atoms with van der Waals surface area (Å²) >= 11 is 0. The van der Waals surface area contributed by atoms with E-state index in [-0.39, 0.29) is 11.7 Å². The first kappa shape index (κ1) is 17.9. The summed E-state index contributed by atoms with van der Waals surface area (Å²) in [5.74, 6) is 0.832. The molecule has 2 fully saturated rings. The van der Waals surface area contributed by atoms with Gasteiger partial charge in [-0.1, -0.05) is 18.6 Å². The third-order valence-electron chi connectivity index (χ3n) is 5.26. The SMILES string of the molecule is CC(=O)c1cccc(OCCCC(=O)N[C@@H]2CCN3CCCC[C@@H]23)c1. The number of hydrogen-bond acceptors (Lipinski definition) is 4. The van der Waals surface area contributed by atoms with Crippen LogP contribution in [0, 0.1) is 0 Å². The van der Waals surface area contributed by atoms with E-state index in [0.29, 0.717) is 42.8 Å². The van der Waals surface area contributed by atoms with Crippen LogP contribution in [0.2, 0.25) is 0 Å².